The maximum Gasteiger partial charge on any atom is 0.573 e. The SMILES string of the molecule is CC(Nc1cc(-c2n[nH]c(=O)o2)cc(F)c1OC(F)(F)F)C1CCNCC1.Cl. The summed E-state index contributed by atoms with van der Waals surface area (Å²) < 4.78 is 61.2. The van der Waals surface area contributed by atoms with Crippen LogP contribution >= 0.6 is 12.4 Å². The minimum atomic E-state index is -5.06. The van der Waals surface area contributed by atoms with Gasteiger partial charge in [-0.3, -0.25) is 0 Å². The Labute approximate surface area is 163 Å². The maximum absolute atomic E-state index is 14.4. The number of hydrogen-bond acceptors (Lipinski definition) is 6. The summed E-state index contributed by atoms with van der Waals surface area (Å²) in [7, 11) is 0. The second kappa shape index (κ2) is 8.82. The first-order valence-electron chi connectivity index (χ1n) is 8.35. The summed E-state index contributed by atoms with van der Waals surface area (Å²) in [6.07, 6.45) is -3.39. The highest BCUT2D eigenvalue weighted by Gasteiger charge is 2.34. The van der Waals surface area contributed by atoms with Crippen molar-refractivity contribution < 1.29 is 26.7 Å². The summed E-state index contributed by atoms with van der Waals surface area (Å²) in [5.41, 5.74) is -0.195. The number of alkyl halides is 3. The zero-order valence-corrected chi connectivity index (χ0v) is 15.5. The third kappa shape index (κ3) is 5.38. The second-order valence-electron chi connectivity index (χ2n) is 6.32. The Hall–Kier alpha value is -2.27. The van der Waals surface area contributed by atoms with Crippen molar-refractivity contribution >= 4 is 18.1 Å². The van der Waals surface area contributed by atoms with Crippen LogP contribution in [-0.2, 0) is 0 Å². The lowest BCUT2D eigenvalue weighted by Gasteiger charge is -2.30. The molecule has 156 valence electrons. The molecule has 2 heterocycles. The summed E-state index contributed by atoms with van der Waals surface area (Å²) in [4.78, 5) is 11.1. The van der Waals surface area contributed by atoms with Gasteiger partial charge >= 0.3 is 12.1 Å². The first-order valence-corrected chi connectivity index (χ1v) is 8.35. The van der Waals surface area contributed by atoms with E-state index in [4.69, 9.17) is 4.42 Å². The van der Waals surface area contributed by atoms with Crippen molar-refractivity contribution in [3.05, 3.63) is 28.5 Å². The van der Waals surface area contributed by atoms with E-state index in [9.17, 15) is 22.4 Å². The molecule has 28 heavy (non-hydrogen) atoms. The Morgan fingerprint density at radius 2 is 2.00 bits per heavy atom. The molecule has 3 rings (SSSR count). The fraction of sp³-hybridized carbons (Fsp3) is 0.500. The van der Waals surface area contributed by atoms with Gasteiger partial charge in [-0.15, -0.1) is 30.7 Å². The third-order valence-corrected chi connectivity index (χ3v) is 4.42. The molecule has 1 aliphatic rings. The predicted molar refractivity (Wildman–Crippen MR) is 95.1 cm³/mol. The van der Waals surface area contributed by atoms with Crippen LogP contribution in [-0.4, -0.2) is 35.7 Å². The fourth-order valence-electron chi connectivity index (χ4n) is 3.10. The summed E-state index contributed by atoms with van der Waals surface area (Å²) in [6.45, 7) is 3.41. The van der Waals surface area contributed by atoms with Gasteiger partial charge in [-0.1, -0.05) is 0 Å². The normalized spacial score (nSPS) is 16.3. The van der Waals surface area contributed by atoms with Gasteiger partial charge in [0.1, 0.15) is 0 Å². The van der Waals surface area contributed by atoms with Crippen LogP contribution in [0.5, 0.6) is 5.75 Å². The molecular formula is C16H19ClF4N4O3. The number of anilines is 1. The Bertz CT molecular complexity index is 849. The van der Waals surface area contributed by atoms with Gasteiger partial charge in [0.2, 0.25) is 5.89 Å². The van der Waals surface area contributed by atoms with Crippen molar-refractivity contribution in [3.63, 3.8) is 0 Å². The van der Waals surface area contributed by atoms with E-state index in [2.05, 4.69) is 20.5 Å². The monoisotopic (exact) mass is 426 g/mol. The van der Waals surface area contributed by atoms with E-state index in [1.54, 1.807) is 0 Å². The molecule has 3 N–H and O–H groups in total. The molecule has 0 aliphatic carbocycles. The highest BCUT2D eigenvalue weighted by atomic mass is 35.5. The van der Waals surface area contributed by atoms with Gasteiger partial charge < -0.3 is 19.8 Å². The molecular weight excluding hydrogens is 408 g/mol. The Balaban J connectivity index is 0.00000280. The molecule has 1 atom stereocenters. The van der Waals surface area contributed by atoms with Gasteiger partial charge in [-0.05, 0) is 50.9 Å². The number of aromatic nitrogens is 2. The number of nitrogens with zero attached hydrogens (tertiary/aromatic N) is 1. The van der Waals surface area contributed by atoms with Crippen LogP contribution in [0.15, 0.2) is 21.3 Å². The molecule has 1 aromatic carbocycles. The highest BCUT2D eigenvalue weighted by molar-refractivity contribution is 5.85. The number of piperidine rings is 1. The maximum atomic E-state index is 14.4. The molecule has 0 amide bonds. The lowest BCUT2D eigenvalue weighted by atomic mass is 9.91. The van der Waals surface area contributed by atoms with Crippen LogP contribution in [0.4, 0.5) is 23.2 Å². The summed E-state index contributed by atoms with van der Waals surface area (Å²) in [6, 6.07) is 1.74. The van der Waals surface area contributed by atoms with Crippen molar-refractivity contribution in [2.45, 2.75) is 32.2 Å². The van der Waals surface area contributed by atoms with Crippen LogP contribution in [0, 0.1) is 11.7 Å². The molecule has 0 saturated carbocycles. The number of benzene rings is 1. The van der Waals surface area contributed by atoms with Crippen LogP contribution in [0.2, 0.25) is 0 Å². The van der Waals surface area contributed by atoms with Gasteiger partial charge in [-0.25, -0.2) is 14.3 Å². The molecule has 0 radical (unpaired) electrons. The van der Waals surface area contributed by atoms with E-state index in [-0.39, 0.29) is 41.5 Å². The highest BCUT2D eigenvalue weighted by Crippen LogP contribution is 2.37. The molecule has 0 spiro atoms. The Morgan fingerprint density at radius 1 is 1.32 bits per heavy atom. The van der Waals surface area contributed by atoms with Crippen LogP contribution in [0.3, 0.4) is 0 Å². The van der Waals surface area contributed by atoms with Gasteiger partial charge in [0.15, 0.2) is 11.6 Å². The standard InChI is InChI=1S/C16H18F4N4O3.ClH/c1-8(9-2-4-21-5-3-9)22-12-7-10(14-23-24-15(25)26-14)6-11(17)13(12)27-16(18,19)20;/h6-9,21-22H,2-5H2,1H3,(H,24,25);1H. The van der Waals surface area contributed by atoms with E-state index in [1.165, 1.54) is 6.07 Å². The van der Waals surface area contributed by atoms with Crippen molar-refractivity contribution in [2.24, 2.45) is 5.92 Å². The van der Waals surface area contributed by atoms with E-state index in [0.717, 1.165) is 32.0 Å². The first-order chi connectivity index (χ1) is 12.7. The zero-order chi connectivity index (χ0) is 19.6. The number of rotatable bonds is 5. The quantitative estimate of drug-likeness (QED) is 0.635. The summed E-state index contributed by atoms with van der Waals surface area (Å²) in [5.74, 6) is -3.13. The van der Waals surface area contributed by atoms with E-state index >= 15 is 0 Å². The molecule has 1 unspecified atom stereocenters. The van der Waals surface area contributed by atoms with E-state index in [1.807, 2.05) is 12.0 Å². The average Bonchev–Trinajstić information content (AvgIpc) is 3.04. The van der Waals surface area contributed by atoms with Crippen molar-refractivity contribution in [3.8, 4) is 17.2 Å². The number of hydrogen-bond donors (Lipinski definition) is 3. The predicted octanol–water partition coefficient (Wildman–Crippen LogP) is 3.29. The number of nitrogens with one attached hydrogen (secondary N) is 3. The summed E-state index contributed by atoms with van der Waals surface area (Å²) >= 11 is 0. The van der Waals surface area contributed by atoms with E-state index < -0.39 is 23.7 Å². The lowest BCUT2D eigenvalue weighted by Crippen LogP contribution is -2.36. The molecule has 1 aliphatic heterocycles. The van der Waals surface area contributed by atoms with Crippen molar-refractivity contribution in [2.75, 3.05) is 18.4 Å². The molecule has 7 nitrogen and oxygen atoms in total. The van der Waals surface area contributed by atoms with Gasteiger partial charge in [-0.2, -0.15) is 0 Å². The average molecular weight is 427 g/mol. The lowest BCUT2D eigenvalue weighted by molar-refractivity contribution is -0.275. The molecule has 1 fully saturated rings. The number of ether oxygens (including phenoxy) is 1. The van der Waals surface area contributed by atoms with E-state index in [0.29, 0.717) is 0 Å². The van der Waals surface area contributed by atoms with Crippen molar-refractivity contribution in [1.82, 2.24) is 15.5 Å². The van der Waals surface area contributed by atoms with Crippen molar-refractivity contribution in [1.29, 1.82) is 0 Å². The first kappa shape index (κ1) is 22.0. The minimum Gasteiger partial charge on any atom is -0.400 e. The Kier molecular flexibility index (Phi) is 6.94. The number of aromatic amines is 1. The zero-order valence-electron chi connectivity index (χ0n) is 14.7. The third-order valence-electron chi connectivity index (χ3n) is 4.42. The van der Waals surface area contributed by atoms with Gasteiger partial charge in [0.25, 0.3) is 0 Å². The van der Waals surface area contributed by atoms with Gasteiger partial charge in [0, 0.05) is 11.6 Å². The largest absolute Gasteiger partial charge is 0.573 e. The smallest absolute Gasteiger partial charge is 0.400 e. The summed E-state index contributed by atoms with van der Waals surface area (Å²) in [5, 5.41) is 11.7. The fourth-order valence-corrected chi connectivity index (χ4v) is 3.10. The molecule has 2 aromatic rings. The Morgan fingerprint density at radius 3 is 2.57 bits per heavy atom. The second-order valence-corrected chi connectivity index (χ2v) is 6.32. The molecule has 1 saturated heterocycles. The molecule has 12 heteroatoms. The molecule has 1 aromatic heterocycles. The molecule has 0 bridgehead atoms. The minimum absolute atomic E-state index is 0. The topological polar surface area (TPSA) is 92.2 Å². The van der Waals surface area contributed by atoms with Crippen LogP contribution in [0.1, 0.15) is 19.8 Å². The van der Waals surface area contributed by atoms with Crippen LogP contribution in [0.25, 0.3) is 11.5 Å². The number of halogens is 5. The van der Waals surface area contributed by atoms with Gasteiger partial charge in [0.05, 0.1) is 5.69 Å². The van der Waals surface area contributed by atoms with Crippen LogP contribution < -0.4 is 21.1 Å². The number of H-pyrrole nitrogens is 1.